The Balaban J connectivity index is 2.05. The number of esters is 1. The summed E-state index contributed by atoms with van der Waals surface area (Å²) in [5, 5.41) is 2.56. The number of hydrogen-bond acceptors (Lipinski definition) is 2. The van der Waals surface area contributed by atoms with Crippen molar-refractivity contribution in [3.63, 3.8) is 0 Å². The van der Waals surface area contributed by atoms with E-state index < -0.39 is 0 Å². The third-order valence-corrected chi connectivity index (χ3v) is 4.98. The van der Waals surface area contributed by atoms with Gasteiger partial charge in [-0.05, 0) is 37.6 Å². The third-order valence-electron chi connectivity index (χ3n) is 4.98. The quantitative estimate of drug-likeness (QED) is 0.626. The molecule has 1 heterocycles. The number of benzene rings is 2. The first kappa shape index (κ1) is 15.7. The van der Waals surface area contributed by atoms with Crippen LogP contribution >= 0.6 is 0 Å². The van der Waals surface area contributed by atoms with Gasteiger partial charge >= 0.3 is 5.97 Å². The second kappa shape index (κ2) is 5.80. The lowest BCUT2D eigenvalue weighted by molar-refractivity contribution is -0.438. The largest absolute Gasteiger partial charge is 0.466 e. The highest BCUT2D eigenvalue weighted by Gasteiger charge is 2.44. The first-order valence-electron chi connectivity index (χ1n) is 8.26. The molecule has 2 aromatic rings. The fraction of sp³-hybridized carbons (Fsp3) is 0.400. The van der Waals surface area contributed by atoms with Gasteiger partial charge in [0.25, 0.3) is 0 Å². The van der Waals surface area contributed by atoms with Crippen LogP contribution in [0.4, 0.5) is 5.69 Å². The Morgan fingerprint density at radius 2 is 1.91 bits per heavy atom. The number of ether oxygens (including phenoxy) is 1. The van der Waals surface area contributed by atoms with Crippen LogP contribution in [0.15, 0.2) is 36.4 Å². The molecule has 0 aliphatic carbocycles. The predicted octanol–water partition coefficient (Wildman–Crippen LogP) is 4.19. The minimum atomic E-state index is -0.132. The summed E-state index contributed by atoms with van der Waals surface area (Å²) in [7, 11) is 0. The van der Waals surface area contributed by atoms with Crippen molar-refractivity contribution in [2.75, 3.05) is 13.2 Å². The molecule has 3 rings (SSSR count). The summed E-state index contributed by atoms with van der Waals surface area (Å²) in [6, 6.07) is 12.9. The van der Waals surface area contributed by atoms with Crippen LogP contribution in [0, 0.1) is 0 Å². The van der Waals surface area contributed by atoms with E-state index in [9.17, 15) is 4.79 Å². The smallest absolute Gasteiger partial charge is 0.312 e. The summed E-state index contributed by atoms with van der Waals surface area (Å²) >= 11 is 0. The second-order valence-corrected chi connectivity index (χ2v) is 6.60. The molecule has 0 fully saturated rings. The molecule has 2 aromatic carbocycles. The summed E-state index contributed by atoms with van der Waals surface area (Å²) in [5.74, 6) is -0.132. The predicted molar refractivity (Wildman–Crippen MR) is 93.7 cm³/mol. The van der Waals surface area contributed by atoms with Gasteiger partial charge in [0.2, 0.25) is 5.69 Å². The molecule has 0 radical (unpaired) electrons. The minimum absolute atomic E-state index is 0.0368. The van der Waals surface area contributed by atoms with Gasteiger partial charge in [0.1, 0.15) is 6.42 Å². The monoisotopic (exact) mass is 310 g/mol. The van der Waals surface area contributed by atoms with Crippen molar-refractivity contribution in [2.45, 2.75) is 39.5 Å². The molecule has 23 heavy (non-hydrogen) atoms. The zero-order valence-corrected chi connectivity index (χ0v) is 14.3. The fourth-order valence-corrected chi connectivity index (χ4v) is 3.57. The SMILES string of the molecule is CCOC(=O)CC[N+]1=C(C)C(C)(C)c2c1ccc1ccccc21. The number of carbonyl (C=O) groups excluding carboxylic acids is 1. The highest BCUT2D eigenvalue weighted by atomic mass is 16.5. The molecule has 3 nitrogen and oxygen atoms in total. The van der Waals surface area contributed by atoms with Gasteiger partial charge < -0.3 is 4.74 Å². The Kier molecular flexibility index (Phi) is 3.97. The summed E-state index contributed by atoms with van der Waals surface area (Å²) in [5.41, 5.74) is 3.82. The van der Waals surface area contributed by atoms with Gasteiger partial charge in [-0.1, -0.05) is 24.3 Å². The van der Waals surface area contributed by atoms with Gasteiger partial charge in [-0.25, -0.2) is 0 Å². The van der Waals surface area contributed by atoms with Crippen molar-refractivity contribution < 1.29 is 14.1 Å². The van der Waals surface area contributed by atoms with E-state index in [1.165, 1.54) is 27.7 Å². The first-order chi connectivity index (χ1) is 11.0. The molecule has 0 N–H and O–H groups in total. The summed E-state index contributed by atoms with van der Waals surface area (Å²) in [6.07, 6.45) is 0.410. The standard InChI is InChI=1S/C20H24NO2/c1-5-23-18(22)12-13-21-14(2)20(3,4)19-16-9-7-6-8-15(16)10-11-17(19)21/h6-11H,5,12-13H2,1-4H3/q+1. The molecule has 120 valence electrons. The van der Waals surface area contributed by atoms with Gasteiger partial charge in [-0.15, -0.1) is 0 Å². The number of rotatable bonds is 4. The van der Waals surface area contributed by atoms with E-state index in [-0.39, 0.29) is 11.4 Å². The molecule has 0 saturated carbocycles. The van der Waals surface area contributed by atoms with Crippen molar-refractivity contribution >= 4 is 28.1 Å². The number of carbonyl (C=O) groups is 1. The normalized spacial score (nSPS) is 15.8. The minimum Gasteiger partial charge on any atom is -0.466 e. The maximum Gasteiger partial charge on any atom is 0.312 e. The van der Waals surface area contributed by atoms with E-state index in [2.05, 4.69) is 61.7 Å². The van der Waals surface area contributed by atoms with Crippen LogP contribution in [0.25, 0.3) is 10.8 Å². The van der Waals surface area contributed by atoms with Crippen LogP contribution < -0.4 is 0 Å². The van der Waals surface area contributed by atoms with Crippen LogP contribution in [-0.2, 0) is 14.9 Å². The van der Waals surface area contributed by atoms with Crippen molar-refractivity contribution in [2.24, 2.45) is 0 Å². The molecular weight excluding hydrogens is 286 g/mol. The van der Waals surface area contributed by atoms with Gasteiger partial charge in [0.05, 0.1) is 12.0 Å². The van der Waals surface area contributed by atoms with E-state index >= 15 is 0 Å². The Labute approximate surface area is 137 Å². The molecule has 0 aromatic heterocycles. The topological polar surface area (TPSA) is 29.3 Å². The van der Waals surface area contributed by atoms with E-state index in [4.69, 9.17) is 4.74 Å². The molecule has 0 bridgehead atoms. The van der Waals surface area contributed by atoms with Crippen LogP contribution in [0.2, 0.25) is 0 Å². The van der Waals surface area contributed by atoms with Crippen LogP contribution in [-0.4, -0.2) is 29.4 Å². The second-order valence-electron chi connectivity index (χ2n) is 6.60. The highest BCUT2D eigenvalue weighted by Crippen LogP contribution is 2.43. The fourth-order valence-electron chi connectivity index (χ4n) is 3.57. The van der Waals surface area contributed by atoms with Gasteiger partial charge in [-0.3, -0.25) is 4.79 Å². The Hall–Kier alpha value is -2.16. The Bertz CT molecular complexity index is 802. The Morgan fingerprint density at radius 1 is 1.17 bits per heavy atom. The van der Waals surface area contributed by atoms with E-state index in [0.29, 0.717) is 19.6 Å². The van der Waals surface area contributed by atoms with Gasteiger partial charge in [0.15, 0.2) is 12.3 Å². The third kappa shape index (κ3) is 2.54. The lowest BCUT2D eigenvalue weighted by atomic mass is 9.80. The summed E-state index contributed by atoms with van der Waals surface area (Å²) in [4.78, 5) is 11.7. The van der Waals surface area contributed by atoms with Crippen molar-refractivity contribution in [3.05, 3.63) is 42.0 Å². The van der Waals surface area contributed by atoms with Gasteiger partial charge in [-0.2, -0.15) is 4.58 Å². The lowest BCUT2D eigenvalue weighted by Gasteiger charge is -2.17. The molecular formula is C20H24NO2+. The average molecular weight is 310 g/mol. The molecule has 0 atom stereocenters. The lowest BCUT2D eigenvalue weighted by Crippen LogP contribution is -2.27. The molecule has 1 aliphatic heterocycles. The zero-order valence-electron chi connectivity index (χ0n) is 14.3. The molecule has 3 heteroatoms. The Morgan fingerprint density at radius 3 is 2.65 bits per heavy atom. The van der Waals surface area contributed by atoms with E-state index in [1.54, 1.807) is 0 Å². The zero-order chi connectivity index (χ0) is 16.6. The first-order valence-corrected chi connectivity index (χ1v) is 8.26. The highest BCUT2D eigenvalue weighted by molar-refractivity contribution is 6.01. The van der Waals surface area contributed by atoms with Crippen molar-refractivity contribution in [1.29, 1.82) is 0 Å². The maximum atomic E-state index is 11.7. The van der Waals surface area contributed by atoms with Crippen LogP contribution in [0.5, 0.6) is 0 Å². The van der Waals surface area contributed by atoms with Crippen LogP contribution in [0.3, 0.4) is 0 Å². The molecule has 0 spiro atoms. The van der Waals surface area contributed by atoms with Crippen LogP contribution in [0.1, 0.15) is 39.7 Å². The molecule has 0 unspecified atom stereocenters. The molecule has 1 aliphatic rings. The number of hydrogen-bond donors (Lipinski definition) is 0. The maximum absolute atomic E-state index is 11.7. The van der Waals surface area contributed by atoms with Crippen molar-refractivity contribution in [3.8, 4) is 0 Å². The summed E-state index contributed by atoms with van der Waals surface area (Å²) in [6.45, 7) is 9.64. The summed E-state index contributed by atoms with van der Waals surface area (Å²) < 4.78 is 7.35. The van der Waals surface area contributed by atoms with Gasteiger partial charge in [0, 0.05) is 18.6 Å². The number of fused-ring (bicyclic) bond motifs is 3. The van der Waals surface area contributed by atoms with E-state index in [0.717, 1.165) is 0 Å². The van der Waals surface area contributed by atoms with E-state index in [1.807, 2.05) is 6.92 Å². The molecule has 0 saturated heterocycles. The van der Waals surface area contributed by atoms with Crippen molar-refractivity contribution in [1.82, 2.24) is 0 Å². The average Bonchev–Trinajstić information content (AvgIpc) is 2.73. The number of nitrogens with zero attached hydrogens (tertiary/aromatic N) is 1. The molecule has 0 amide bonds.